The third kappa shape index (κ3) is 3.25. The molecule has 7 heteroatoms. The van der Waals surface area contributed by atoms with Gasteiger partial charge in [-0.05, 0) is 29.8 Å². The Hall–Kier alpha value is -3.87. The van der Waals surface area contributed by atoms with Crippen molar-refractivity contribution in [1.82, 2.24) is 14.5 Å². The Bertz CT molecular complexity index is 1210. The lowest BCUT2D eigenvalue weighted by Gasteiger charge is -2.13. The number of carbonyl (C=O) groups is 1. The van der Waals surface area contributed by atoms with E-state index in [4.69, 9.17) is 0 Å². The number of hydrogen-bond donors (Lipinski definition) is 1. The average Bonchev–Trinajstić information content (AvgIpc) is 2.73. The number of fused-ring (bicyclic) bond motifs is 1. The molecule has 28 heavy (non-hydrogen) atoms. The van der Waals surface area contributed by atoms with E-state index in [1.165, 1.54) is 23.0 Å². The summed E-state index contributed by atoms with van der Waals surface area (Å²) in [5.74, 6) is -1.52. The third-order valence-corrected chi connectivity index (χ3v) is 4.27. The number of benzene rings is 1. The van der Waals surface area contributed by atoms with Gasteiger partial charge in [0, 0.05) is 12.4 Å². The van der Waals surface area contributed by atoms with Gasteiger partial charge in [0.15, 0.2) is 5.82 Å². The molecule has 0 fully saturated rings. The zero-order valence-electron chi connectivity index (χ0n) is 14.7. The molecule has 0 saturated carbocycles. The summed E-state index contributed by atoms with van der Waals surface area (Å²) >= 11 is 0. The highest BCUT2D eigenvalue weighted by Crippen LogP contribution is 2.18. The summed E-state index contributed by atoms with van der Waals surface area (Å²) in [6.07, 6.45) is 2.97. The lowest BCUT2D eigenvalue weighted by atomic mass is 10.1. The van der Waals surface area contributed by atoms with Crippen LogP contribution in [-0.2, 0) is 6.54 Å². The summed E-state index contributed by atoms with van der Waals surface area (Å²) in [6, 6.07) is 17.2. The average molecular weight is 374 g/mol. The fraction of sp³-hybridized carbons (Fsp3) is 0.0476. The van der Waals surface area contributed by atoms with E-state index >= 15 is 4.39 Å². The highest BCUT2D eigenvalue weighted by atomic mass is 19.1. The second-order valence-electron chi connectivity index (χ2n) is 6.11. The topological polar surface area (TPSA) is 76.9 Å². The predicted octanol–water partition coefficient (Wildman–Crippen LogP) is 3.23. The van der Waals surface area contributed by atoms with Crippen molar-refractivity contribution in [3.8, 4) is 0 Å². The largest absolute Gasteiger partial charge is 0.306 e. The summed E-state index contributed by atoms with van der Waals surface area (Å²) in [5, 5.41) is 2.57. The van der Waals surface area contributed by atoms with E-state index in [9.17, 15) is 9.59 Å². The summed E-state index contributed by atoms with van der Waals surface area (Å²) in [4.78, 5) is 33.9. The molecule has 0 bridgehead atoms. The van der Waals surface area contributed by atoms with Crippen LogP contribution in [-0.4, -0.2) is 20.4 Å². The first kappa shape index (κ1) is 17.5. The number of hydrogen-bond acceptors (Lipinski definition) is 4. The fourth-order valence-corrected chi connectivity index (χ4v) is 2.97. The van der Waals surface area contributed by atoms with E-state index in [2.05, 4.69) is 15.3 Å². The normalized spacial score (nSPS) is 10.8. The number of nitrogens with zero attached hydrogens (tertiary/aromatic N) is 3. The molecule has 0 spiro atoms. The van der Waals surface area contributed by atoms with E-state index in [1.807, 2.05) is 30.3 Å². The van der Waals surface area contributed by atoms with Gasteiger partial charge in [-0.25, -0.2) is 14.4 Å². The van der Waals surface area contributed by atoms with Crippen LogP contribution in [0.25, 0.3) is 11.0 Å². The second kappa shape index (κ2) is 7.40. The lowest BCUT2D eigenvalue weighted by molar-refractivity contribution is 0.102. The van der Waals surface area contributed by atoms with Crippen LogP contribution < -0.4 is 10.9 Å². The zero-order valence-corrected chi connectivity index (χ0v) is 14.7. The van der Waals surface area contributed by atoms with Gasteiger partial charge in [0.2, 0.25) is 0 Å². The second-order valence-corrected chi connectivity index (χ2v) is 6.11. The standard InChI is InChI=1S/C21H15FN4O2/c22-18-15-9-6-12-24-19(15)26(13-14-7-2-1-3-8-14)21(28)17(18)20(27)25-16-10-4-5-11-23-16/h1-12H,13H2,(H,23,25,27). The minimum absolute atomic E-state index is 0.101. The number of rotatable bonds is 4. The van der Waals surface area contributed by atoms with Gasteiger partial charge in [-0.3, -0.25) is 14.2 Å². The minimum Gasteiger partial charge on any atom is -0.306 e. The molecule has 0 unspecified atom stereocenters. The van der Waals surface area contributed by atoms with Crippen molar-refractivity contribution in [3.63, 3.8) is 0 Å². The first-order valence-corrected chi connectivity index (χ1v) is 8.58. The quantitative estimate of drug-likeness (QED) is 0.595. The number of amides is 1. The molecule has 0 aliphatic heterocycles. The number of pyridine rings is 3. The number of aromatic nitrogens is 3. The number of carbonyl (C=O) groups excluding carboxylic acids is 1. The van der Waals surface area contributed by atoms with Crippen molar-refractivity contribution in [3.05, 3.63) is 100 Å². The molecule has 0 atom stereocenters. The molecular formula is C21H15FN4O2. The van der Waals surface area contributed by atoms with Crippen LogP contribution in [0.5, 0.6) is 0 Å². The van der Waals surface area contributed by atoms with Crippen molar-refractivity contribution in [1.29, 1.82) is 0 Å². The molecule has 3 aromatic heterocycles. The Balaban J connectivity index is 1.87. The summed E-state index contributed by atoms with van der Waals surface area (Å²) in [7, 11) is 0. The molecule has 6 nitrogen and oxygen atoms in total. The fourth-order valence-electron chi connectivity index (χ4n) is 2.97. The summed E-state index contributed by atoms with van der Waals surface area (Å²) in [6.45, 7) is 0.164. The van der Waals surface area contributed by atoms with Gasteiger partial charge in [0.25, 0.3) is 11.5 Å². The molecule has 4 aromatic rings. The summed E-state index contributed by atoms with van der Waals surface area (Å²) < 4.78 is 16.4. The van der Waals surface area contributed by atoms with Crippen molar-refractivity contribution >= 4 is 22.8 Å². The molecule has 0 saturated heterocycles. The maximum atomic E-state index is 15.1. The Morgan fingerprint density at radius 2 is 1.71 bits per heavy atom. The Kier molecular flexibility index (Phi) is 4.63. The van der Waals surface area contributed by atoms with E-state index in [0.717, 1.165) is 5.56 Å². The third-order valence-electron chi connectivity index (χ3n) is 4.27. The molecule has 0 aliphatic carbocycles. The van der Waals surface area contributed by atoms with Crippen LogP contribution in [0.1, 0.15) is 15.9 Å². The summed E-state index contributed by atoms with van der Waals surface area (Å²) in [5.41, 5.74) is -0.300. The maximum Gasteiger partial charge on any atom is 0.268 e. The zero-order chi connectivity index (χ0) is 19.5. The van der Waals surface area contributed by atoms with Gasteiger partial charge in [-0.1, -0.05) is 36.4 Å². The Morgan fingerprint density at radius 1 is 0.964 bits per heavy atom. The van der Waals surface area contributed by atoms with Crippen LogP contribution in [0.4, 0.5) is 10.2 Å². The van der Waals surface area contributed by atoms with Crippen LogP contribution in [0.2, 0.25) is 0 Å². The van der Waals surface area contributed by atoms with Crippen LogP contribution in [0.3, 0.4) is 0 Å². The maximum absolute atomic E-state index is 15.1. The first-order chi connectivity index (χ1) is 13.6. The van der Waals surface area contributed by atoms with Gasteiger partial charge in [-0.15, -0.1) is 0 Å². The van der Waals surface area contributed by atoms with Gasteiger partial charge >= 0.3 is 0 Å². The van der Waals surface area contributed by atoms with E-state index in [-0.39, 0.29) is 23.4 Å². The molecule has 0 aliphatic rings. The minimum atomic E-state index is -0.897. The van der Waals surface area contributed by atoms with Crippen molar-refractivity contribution < 1.29 is 9.18 Å². The Labute approximate surface area is 159 Å². The van der Waals surface area contributed by atoms with E-state index in [0.29, 0.717) is 0 Å². The molecule has 1 N–H and O–H groups in total. The smallest absolute Gasteiger partial charge is 0.268 e. The van der Waals surface area contributed by atoms with E-state index in [1.54, 1.807) is 24.3 Å². The molecule has 1 aromatic carbocycles. The predicted molar refractivity (Wildman–Crippen MR) is 104 cm³/mol. The first-order valence-electron chi connectivity index (χ1n) is 8.58. The lowest BCUT2D eigenvalue weighted by Crippen LogP contribution is -2.32. The molecule has 3 heterocycles. The molecule has 1 amide bonds. The number of nitrogens with one attached hydrogen (secondary N) is 1. The Morgan fingerprint density at radius 3 is 2.46 bits per heavy atom. The van der Waals surface area contributed by atoms with Crippen molar-refractivity contribution in [2.75, 3.05) is 5.32 Å². The SMILES string of the molecule is O=C(Nc1ccccn1)c1c(F)c2cccnc2n(Cc2ccccc2)c1=O. The van der Waals surface area contributed by atoms with Crippen molar-refractivity contribution in [2.45, 2.75) is 6.54 Å². The van der Waals surface area contributed by atoms with E-state index < -0.39 is 22.8 Å². The van der Waals surface area contributed by atoms with Crippen LogP contribution in [0, 0.1) is 5.82 Å². The molecule has 4 rings (SSSR count). The molecular weight excluding hydrogens is 359 g/mol. The highest BCUT2D eigenvalue weighted by molar-refractivity contribution is 6.05. The molecule has 138 valence electrons. The highest BCUT2D eigenvalue weighted by Gasteiger charge is 2.23. The monoisotopic (exact) mass is 374 g/mol. The van der Waals surface area contributed by atoms with Gasteiger partial charge in [0.05, 0.1) is 11.9 Å². The van der Waals surface area contributed by atoms with Gasteiger partial charge in [-0.2, -0.15) is 0 Å². The number of halogens is 1. The molecule has 0 radical (unpaired) electrons. The van der Waals surface area contributed by atoms with Gasteiger partial charge in [0.1, 0.15) is 17.0 Å². The van der Waals surface area contributed by atoms with Gasteiger partial charge < -0.3 is 5.32 Å². The number of anilines is 1. The van der Waals surface area contributed by atoms with Crippen LogP contribution >= 0.6 is 0 Å². The van der Waals surface area contributed by atoms with Crippen molar-refractivity contribution in [2.24, 2.45) is 0 Å². The van der Waals surface area contributed by atoms with Crippen LogP contribution in [0.15, 0.2) is 77.9 Å².